The third-order valence-corrected chi connectivity index (χ3v) is 10.6. The molecule has 16 N–H and O–H groups in total. The number of hydrogen-bond acceptors (Lipinski definition) is 25. The maximum absolute atomic E-state index is 12.5. The lowest BCUT2D eigenvalue weighted by Gasteiger charge is -2.72. The second-order valence-corrected chi connectivity index (χ2v) is 14.1. The highest BCUT2D eigenvalue weighted by molar-refractivity contribution is 5.74. The average Bonchev–Trinajstić information content (AvgIpc) is 3.08. The number of ether oxygens (including phenoxy) is 10. The number of carbonyl (C=O) groups excluding carboxylic acids is 2. The lowest BCUT2D eigenvalue weighted by atomic mass is 9.83. The third-order valence-electron chi connectivity index (χ3n) is 10.6. The summed E-state index contributed by atoms with van der Waals surface area (Å²) in [5.41, 5.74) is 5.74. The first-order valence-corrected chi connectivity index (χ1v) is 16.8. The van der Waals surface area contributed by atoms with Gasteiger partial charge in [-0.3, -0.25) is 43.7 Å². The molecule has 0 radical (unpaired) electrons. The monoisotopic (exact) mass is 805 g/mol. The topological polar surface area (TPSA) is 419 Å². The highest BCUT2D eigenvalue weighted by Gasteiger charge is 2.87. The zero-order valence-electron chi connectivity index (χ0n) is 28.7. The molecule has 0 bridgehead atoms. The van der Waals surface area contributed by atoms with Crippen molar-refractivity contribution < 1.29 is 118 Å². The van der Waals surface area contributed by atoms with Gasteiger partial charge in [-0.05, 0) is 0 Å². The number of rotatable bonds is 6. The summed E-state index contributed by atoms with van der Waals surface area (Å²) in [4.78, 5) is 24.3. The Morgan fingerprint density at radius 1 is 0.545 bits per heavy atom. The molecule has 7 rings (SSSR count). The number of aliphatic hydroxyl groups is 12. The van der Waals surface area contributed by atoms with E-state index in [2.05, 4.69) is 10.6 Å². The number of nitrogens with one attached hydrogen (secondary N) is 2. The van der Waals surface area contributed by atoms with Crippen LogP contribution in [0.2, 0.25) is 0 Å². The van der Waals surface area contributed by atoms with Crippen LogP contribution < -0.4 is 16.4 Å². The van der Waals surface area contributed by atoms with Gasteiger partial charge in [0.05, 0.1) is 26.4 Å². The Kier molecular flexibility index (Phi) is 9.94. The van der Waals surface area contributed by atoms with Gasteiger partial charge in [0.25, 0.3) is 0 Å². The molecule has 2 amide bonds. The Balaban J connectivity index is 1.18. The van der Waals surface area contributed by atoms with Crippen molar-refractivity contribution >= 4 is 11.8 Å². The van der Waals surface area contributed by atoms with Crippen LogP contribution in [0.25, 0.3) is 0 Å². The van der Waals surface area contributed by atoms with E-state index < -0.39 is 159 Å². The van der Waals surface area contributed by atoms with E-state index >= 15 is 0 Å². The second kappa shape index (κ2) is 13.3. The van der Waals surface area contributed by atoms with Crippen LogP contribution in [0, 0.1) is 0 Å². The number of amides is 2. The van der Waals surface area contributed by atoms with Crippen molar-refractivity contribution in [3.63, 3.8) is 0 Å². The molecule has 7 fully saturated rings. The van der Waals surface area contributed by atoms with E-state index in [0.29, 0.717) is 0 Å². The molecule has 7 heterocycles. The summed E-state index contributed by atoms with van der Waals surface area (Å²) in [6, 6.07) is -3.89. The molecule has 314 valence electrons. The van der Waals surface area contributed by atoms with Crippen LogP contribution in [0.15, 0.2) is 0 Å². The Morgan fingerprint density at radius 3 is 1.51 bits per heavy atom. The maximum Gasteiger partial charge on any atom is 0.322 e. The van der Waals surface area contributed by atoms with Gasteiger partial charge < -0.3 is 90.9 Å². The summed E-state index contributed by atoms with van der Waals surface area (Å²) in [6.45, 7) is -2.23. The largest absolute Gasteiger partial charge is 0.394 e. The molecule has 0 aliphatic carbocycles. The van der Waals surface area contributed by atoms with E-state index in [1.807, 2.05) is 0 Å². The molecule has 6 spiro atoms. The van der Waals surface area contributed by atoms with Gasteiger partial charge in [-0.2, -0.15) is 0 Å². The van der Waals surface area contributed by atoms with E-state index in [1.54, 1.807) is 0 Å². The van der Waals surface area contributed by atoms with Gasteiger partial charge in [0.1, 0.15) is 67.0 Å². The van der Waals surface area contributed by atoms with Crippen molar-refractivity contribution in [2.75, 3.05) is 26.4 Å². The minimum Gasteiger partial charge on any atom is -0.394 e. The molecule has 0 aromatic rings. The highest BCUT2D eigenvalue weighted by Crippen LogP contribution is 2.62. The van der Waals surface area contributed by atoms with Crippen molar-refractivity contribution in [3.05, 3.63) is 0 Å². The van der Waals surface area contributed by atoms with E-state index in [0.717, 1.165) is 13.8 Å². The summed E-state index contributed by atoms with van der Waals surface area (Å²) in [5, 5.41) is 132. The minimum atomic E-state index is -2.93. The van der Waals surface area contributed by atoms with Crippen molar-refractivity contribution in [1.82, 2.24) is 10.6 Å². The number of nitrogens with two attached hydrogens (primary N) is 1. The normalized spacial score (nSPS) is 57.0. The Morgan fingerprint density at radius 2 is 1.00 bits per heavy atom. The maximum atomic E-state index is 12.5. The molecular formula is C28H43N3O24. The smallest absolute Gasteiger partial charge is 0.322 e. The van der Waals surface area contributed by atoms with Gasteiger partial charge in [0.15, 0.2) is 12.2 Å². The van der Waals surface area contributed by atoms with Crippen molar-refractivity contribution in [2.24, 2.45) is 5.73 Å². The fourth-order valence-corrected chi connectivity index (χ4v) is 7.97. The first-order chi connectivity index (χ1) is 25.6. The number of aliphatic hydroxyl groups excluding tert-OH is 11. The predicted molar refractivity (Wildman–Crippen MR) is 157 cm³/mol. The predicted octanol–water partition coefficient (Wildman–Crippen LogP) is -11.1. The molecule has 27 heteroatoms. The van der Waals surface area contributed by atoms with Crippen LogP contribution in [0.4, 0.5) is 0 Å². The van der Waals surface area contributed by atoms with Crippen molar-refractivity contribution in [1.29, 1.82) is 0 Å². The molecule has 7 aliphatic heterocycles. The molecule has 0 unspecified atom stereocenters. The summed E-state index contributed by atoms with van der Waals surface area (Å²) >= 11 is 0. The molecule has 7 aliphatic rings. The zero-order chi connectivity index (χ0) is 40.5. The highest BCUT2D eigenvalue weighted by atomic mass is 17.1. The van der Waals surface area contributed by atoms with Crippen LogP contribution in [-0.2, 0) is 57.0 Å². The molecule has 27 nitrogen and oxygen atoms in total. The summed E-state index contributed by atoms with van der Waals surface area (Å²) in [5.74, 6) is -21.0. The van der Waals surface area contributed by atoms with E-state index in [4.69, 9.17) is 53.1 Å². The fourth-order valence-electron chi connectivity index (χ4n) is 7.97. The average molecular weight is 806 g/mol. The quantitative estimate of drug-likeness (QED) is 0.111. The van der Waals surface area contributed by atoms with Gasteiger partial charge in [-0.25, -0.2) is 0 Å². The molecule has 14 atom stereocenters. The number of carbonyl (C=O) groups is 2. The van der Waals surface area contributed by atoms with Crippen LogP contribution in [-0.4, -0.2) is 220 Å². The van der Waals surface area contributed by atoms with E-state index in [1.165, 1.54) is 0 Å². The van der Waals surface area contributed by atoms with Gasteiger partial charge in [-0.15, -0.1) is 0 Å². The zero-order valence-corrected chi connectivity index (χ0v) is 28.7. The lowest BCUT2D eigenvalue weighted by Crippen LogP contribution is -2.94. The molecule has 55 heavy (non-hydrogen) atoms. The standard InChI is InChI=1S/C28H43N3O24/c1-7(36)30-15-19(42)22(11(5-34)48-25(15,29)45)50-26(51-22)16(31-8(2)37)20(43)23(12(6-35)49-26)52-28(53-23)21(44)24(17(40)10(4-33)47-28)54-27(55-24)18(41)14(39)13(38)9(3-32)46-27/h9-21,32-35,38-45H,3-6,29H2,1-2H3,(H,30,36)(H,31,37)/t9-,10-,11-,12-,13-,14+,15-,16-,17-,18+,19-,20-,21+,22?,23?,24?,25-,26?,27?,28?/m1/s1. The first-order valence-electron chi connectivity index (χ1n) is 16.8. The third kappa shape index (κ3) is 5.49. The van der Waals surface area contributed by atoms with Crippen molar-refractivity contribution in [3.8, 4) is 0 Å². The fraction of sp³-hybridized carbons (Fsp3) is 0.929. The van der Waals surface area contributed by atoms with E-state index in [9.17, 15) is 70.9 Å². The Labute approximate surface area is 307 Å². The molecular weight excluding hydrogens is 762 g/mol. The SMILES string of the molecule is CC(=O)N[C@@H]1[C@@H](O)C2(OC3(O[C@H](CO)[C@@H](O)C4(OC5(O[C@H](CO)[C@@H](O)[C@H](O)[C@@H]5O)O4)[C@@H]3O)O2)[C@@H](CO)OC12OC1(O2)[C@H](O)[C@@H](NC(C)=O)[C@@](N)(O)O[C@@H]1CO. The summed E-state index contributed by atoms with van der Waals surface area (Å²) in [7, 11) is 0. The van der Waals surface area contributed by atoms with Crippen LogP contribution in [0.1, 0.15) is 13.8 Å². The summed E-state index contributed by atoms with van der Waals surface area (Å²) < 4.78 is 56.7. The van der Waals surface area contributed by atoms with Gasteiger partial charge in [0.2, 0.25) is 35.1 Å². The Hall–Kier alpha value is -1.98. The van der Waals surface area contributed by atoms with Crippen LogP contribution in [0.5, 0.6) is 0 Å². The van der Waals surface area contributed by atoms with E-state index in [-0.39, 0.29) is 0 Å². The first kappa shape index (κ1) is 41.2. The molecule has 0 aromatic carbocycles. The van der Waals surface area contributed by atoms with Gasteiger partial charge in [0, 0.05) is 13.8 Å². The van der Waals surface area contributed by atoms with Gasteiger partial charge >= 0.3 is 17.9 Å². The number of hydrogen-bond donors (Lipinski definition) is 15. The van der Waals surface area contributed by atoms with Crippen molar-refractivity contribution in [2.45, 2.75) is 134 Å². The second-order valence-electron chi connectivity index (χ2n) is 14.1. The minimum absolute atomic E-state index is 0.815. The molecule has 0 aromatic heterocycles. The lowest BCUT2D eigenvalue weighted by molar-refractivity contribution is -0.721. The molecule has 7 saturated heterocycles. The molecule has 0 saturated carbocycles. The summed E-state index contributed by atoms with van der Waals surface area (Å²) in [6.07, 6.45) is -22.5. The van der Waals surface area contributed by atoms with Crippen LogP contribution in [0.3, 0.4) is 0 Å². The van der Waals surface area contributed by atoms with Gasteiger partial charge in [-0.1, -0.05) is 0 Å². The van der Waals surface area contributed by atoms with Crippen LogP contribution >= 0.6 is 0 Å². The Bertz CT molecular complexity index is 1500.